The Kier molecular flexibility index (Phi) is 11.3. The van der Waals surface area contributed by atoms with E-state index >= 15 is 0 Å². The molecular formula is C50H55N9O6. The number of fused-ring (bicyclic) bond motifs is 2. The Hall–Kier alpha value is -6.32. The summed E-state index contributed by atoms with van der Waals surface area (Å²) in [5.41, 5.74) is 5.86. The molecule has 0 bridgehead atoms. The van der Waals surface area contributed by atoms with Crippen molar-refractivity contribution in [2.24, 2.45) is 0 Å². The van der Waals surface area contributed by atoms with Crippen LogP contribution in [0.5, 0.6) is 0 Å². The van der Waals surface area contributed by atoms with Crippen LogP contribution in [0.15, 0.2) is 71.8 Å². The predicted octanol–water partition coefficient (Wildman–Crippen LogP) is 6.18. The summed E-state index contributed by atoms with van der Waals surface area (Å²) in [5.74, 6) is 0.209. The summed E-state index contributed by atoms with van der Waals surface area (Å²) in [5, 5.41) is 18.1. The van der Waals surface area contributed by atoms with E-state index in [-0.39, 0.29) is 47.7 Å². The molecule has 2 aromatic carbocycles. The van der Waals surface area contributed by atoms with Crippen LogP contribution in [0, 0.1) is 6.92 Å². The van der Waals surface area contributed by atoms with Gasteiger partial charge in [-0.05, 0) is 130 Å². The number of hydrogen-bond donors (Lipinski definition) is 3. The minimum atomic E-state index is -1.02. The minimum absolute atomic E-state index is 0.0127. The molecule has 1 unspecified atom stereocenters. The fourth-order valence-corrected chi connectivity index (χ4v) is 10.9. The molecule has 4 aliphatic heterocycles. The molecule has 7 heterocycles. The summed E-state index contributed by atoms with van der Waals surface area (Å²) in [7, 11) is 0. The van der Waals surface area contributed by atoms with Crippen LogP contribution in [-0.4, -0.2) is 90.2 Å². The topological polar surface area (TPSA) is 183 Å². The highest BCUT2D eigenvalue weighted by atomic mass is 16.3. The first kappa shape index (κ1) is 42.6. The molecule has 0 radical (unpaired) electrons. The Morgan fingerprint density at radius 2 is 1.65 bits per heavy atom. The van der Waals surface area contributed by atoms with Crippen molar-refractivity contribution in [3.8, 4) is 0 Å². The Balaban J connectivity index is 0.711. The SMILES string of the molecule is CC(=O)c1c(C)c2cnc(Nc3ccc(C4CCN(Cc5ccc(N6CCC(O)(c7ccc8c(c7)CN(C7CCC(=O)NC7=O)C8=O)CC6)cc5)CC4)cn3)nc2n(C2CCCC2)c1=O. The molecular weight excluding hydrogens is 823 g/mol. The Labute approximate surface area is 377 Å². The lowest BCUT2D eigenvalue weighted by Crippen LogP contribution is -2.52. The summed E-state index contributed by atoms with van der Waals surface area (Å²) in [6.45, 7) is 7.77. The lowest BCUT2D eigenvalue weighted by atomic mass is 9.83. The normalized spacial score (nSPS) is 20.7. The molecule has 15 heteroatoms. The maximum absolute atomic E-state index is 13.6. The second-order valence-electron chi connectivity index (χ2n) is 18.7. The van der Waals surface area contributed by atoms with Crippen molar-refractivity contribution in [3.63, 3.8) is 0 Å². The molecule has 5 aliphatic rings. The number of aryl methyl sites for hydroxylation is 1. The van der Waals surface area contributed by atoms with Crippen LogP contribution in [0.25, 0.3) is 11.0 Å². The van der Waals surface area contributed by atoms with Crippen molar-refractivity contribution in [2.45, 2.75) is 115 Å². The lowest BCUT2D eigenvalue weighted by Gasteiger charge is -2.40. The number of amides is 3. The molecule has 65 heavy (non-hydrogen) atoms. The maximum atomic E-state index is 13.6. The van der Waals surface area contributed by atoms with Crippen LogP contribution in [0.3, 0.4) is 0 Å². The summed E-state index contributed by atoms with van der Waals surface area (Å²) >= 11 is 0. The molecule has 4 fully saturated rings. The van der Waals surface area contributed by atoms with Crippen molar-refractivity contribution < 1.29 is 24.3 Å². The van der Waals surface area contributed by atoms with E-state index < -0.39 is 17.6 Å². The van der Waals surface area contributed by atoms with E-state index in [0.29, 0.717) is 72.2 Å². The van der Waals surface area contributed by atoms with Gasteiger partial charge in [0.05, 0.1) is 11.2 Å². The first-order chi connectivity index (χ1) is 31.4. The zero-order chi connectivity index (χ0) is 45.0. The van der Waals surface area contributed by atoms with Crippen molar-refractivity contribution >= 4 is 52.0 Å². The van der Waals surface area contributed by atoms with Crippen LogP contribution >= 0.6 is 0 Å². The molecule has 3 N–H and O–H groups in total. The minimum Gasteiger partial charge on any atom is -0.385 e. The molecule has 1 aliphatic carbocycles. The van der Waals surface area contributed by atoms with Gasteiger partial charge in [-0.25, -0.2) is 9.97 Å². The number of aliphatic hydroxyl groups is 1. The Bertz CT molecular complexity index is 2750. The molecule has 10 rings (SSSR count). The van der Waals surface area contributed by atoms with Gasteiger partial charge in [-0.1, -0.05) is 43.2 Å². The van der Waals surface area contributed by atoms with Gasteiger partial charge in [-0.15, -0.1) is 0 Å². The molecule has 336 valence electrons. The number of anilines is 3. The highest BCUT2D eigenvalue weighted by Crippen LogP contribution is 2.38. The second kappa shape index (κ2) is 17.2. The number of carbonyl (C=O) groups excluding carboxylic acids is 4. The van der Waals surface area contributed by atoms with Gasteiger partial charge < -0.3 is 20.2 Å². The molecule has 3 amide bonds. The summed E-state index contributed by atoms with van der Waals surface area (Å²) in [6, 6.07) is 17.8. The second-order valence-corrected chi connectivity index (χ2v) is 18.7. The van der Waals surface area contributed by atoms with Crippen molar-refractivity contribution in [3.05, 3.63) is 116 Å². The number of imide groups is 1. The number of pyridine rings is 2. The fraction of sp³-hybridized carbons (Fsp3) is 0.440. The number of aromatic nitrogens is 4. The number of benzene rings is 2. The zero-order valence-electron chi connectivity index (χ0n) is 37.0. The predicted molar refractivity (Wildman–Crippen MR) is 245 cm³/mol. The standard InChI is InChI=1S/C50H55N9O6/c1-30-40-27-52-49(55-45(40)59(38-5-3-4-6-38)48(64)44(30)31(2)60)53-42-15-9-34(26-51-42)33-17-21-56(22-18-33)28-32-7-11-37(12-8-32)57-23-19-50(65,20-24-57)36-10-13-39-35(25-36)29-58(47(39)63)41-14-16-43(61)54-46(41)62/h7-13,15,25-27,33,38,41,65H,3-6,14,16-24,28-29H2,1-2H3,(H,54,61,62)(H,51,52,53,55). The first-order valence-electron chi connectivity index (χ1n) is 23.1. The van der Waals surface area contributed by atoms with Crippen molar-refractivity contribution in [2.75, 3.05) is 36.4 Å². The number of nitrogens with one attached hydrogen (secondary N) is 2. The van der Waals surface area contributed by atoms with E-state index in [1.165, 1.54) is 18.1 Å². The number of Topliss-reactive ketones (excluding diaryl/α,β-unsaturated/α-hetero) is 1. The number of carbonyl (C=O) groups is 4. The highest BCUT2D eigenvalue weighted by molar-refractivity contribution is 6.05. The lowest BCUT2D eigenvalue weighted by molar-refractivity contribution is -0.136. The largest absolute Gasteiger partial charge is 0.385 e. The van der Waals surface area contributed by atoms with Gasteiger partial charge in [0.15, 0.2) is 5.78 Å². The van der Waals surface area contributed by atoms with Gasteiger partial charge in [-0.2, -0.15) is 4.98 Å². The maximum Gasteiger partial charge on any atom is 0.263 e. The first-order valence-corrected chi connectivity index (χ1v) is 23.1. The smallest absolute Gasteiger partial charge is 0.263 e. The van der Waals surface area contributed by atoms with Gasteiger partial charge in [0.1, 0.15) is 17.5 Å². The summed E-state index contributed by atoms with van der Waals surface area (Å²) < 4.78 is 1.72. The number of likely N-dealkylation sites (tertiary alicyclic amines) is 1. The van der Waals surface area contributed by atoms with Crippen molar-refractivity contribution in [1.29, 1.82) is 0 Å². The van der Waals surface area contributed by atoms with Gasteiger partial charge in [0.2, 0.25) is 17.8 Å². The Morgan fingerprint density at radius 1 is 0.892 bits per heavy atom. The summed E-state index contributed by atoms with van der Waals surface area (Å²) in [6.07, 6.45) is 11.2. The van der Waals surface area contributed by atoms with E-state index in [2.05, 4.69) is 55.7 Å². The quantitative estimate of drug-likeness (QED) is 0.107. The molecule has 1 saturated carbocycles. The molecule has 1 atom stereocenters. The third-order valence-corrected chi connectivity index (χ3v) is 14.7. The van der Waals surface area contributed by atoms with Gasteiger partial charge in [0.25, 0.3) is 11.5 Å². The number of piperidine rings is 3. The Morgan fingerprint density at radius 3 is 2.34 bits per heavy atom. The molecule has 3 saturated heterocycles. The van der Waals surface area contributed by atoms with Crippen LogP contribution in [-0.2, 0) is 28.3 Å². The third kappa shape index (κ3) is 8.20. The fourth-order valence-electron chi connectivity index (χ4n) is 10.9. The summed E-state index contributed by atoms with van der Waals surface area (Å²) in [4.78, 5) is 83.9. The van der Waals surface area contributed by atoms with Crippen molar-refractivity contribution in [1.82, 2.24) is 34.6 Å². The number of ketones is 1. The highest BCUT2D eigenvalue weighted by Gasteiger charge is 2.41. The average Bonchev–Trinajstić information content (AvgIpc) is 3.95. The third-order valence-electron chi connectivity index (χ3n) is 14.7. The zero-order valence-corrected chi connectivity index (χ0v) is 37.0. The van der Waals surface area contributed by atoms with Crippen LogP contribution in [0.1, 0.15) is 132 Å². The number of nitrogens with zero attached hydrogens (tertiary/aromatic N) is 7. The average molecular weight is 878 g/mol. The van der Waals surface area contributed by atoms with Gasteiger partial charge in [0, 0.05) is 67.7 Å². The van der Waals surface area contributed by atoms with Crippen LogP contribution in [0.2, 0.25) is 0 Å². The molecule has 0 spiro atoms. The molecule has 5 aromatic rings. The monoisotopic (exact) mass is 877 g/mol. The van der Waals surface area contributed by atoms with E-state index in [1.807, 2.05) is 24.4 Å². The molecule has 15 nitrogen and oxygen atoms in total. The van der Waals surface area contributed by atoms with Crippen LogP contribution < -0.4 is 21.1 Å². The van der Waals surface area contributed by atoms with E-state index in [0.717, 1.165) is 75.0 Å². The number of hydrogen-bond acceptors (Lipinski definition) is 12. The van der Waals surface area contributed by atoms with Crippen LogP contribution in [0.4, 0.5) is 17.5 Å². The molecule has 3 aromatic heterocycles. The van der Waals surface area contributed by atoms with Gasteiger partial charge >= 0.3 is 0 Å². The van der Waals surface area contributed by atoms with E-state index in [1.54, 1.807) is 28.7 Å². The number of rotatable bonds is 10. The van der Waals surface area contributed by atoms with E-state index in [4.69, 9.17) is 9.97 Å². The van der Waals surface area contributed by atoms with E-state index in [9.17, 15) is 29.1 Å². The van der Waals surface area contributed by atoms with Gasteiger partial charge in [-0.3, -0.25) is 38.8 Å².